The summed E-state index contributed by atoms with van der Waals surface area (Å²) in [5.41, 5.74) is 5.61. The van der Waals surface area contributed by atoms with Crippen molar-refractivity contribution >= 4 is 23.8 Å². The van der Waals surface area contributed by atoms with Crippen LogP contribution < -0.4 is 16.4 Å². The first kappa shape index (κ1) is 29.2. The predicted molar refractivity (Wildman–Crippen MR) is 134 cm³/mol. The lowest BCUT2D eigenvalue weighted by molar-refractivity contribution is -0.142. The van der Waals surface area contributed by atoms with Crippen molar-refractivity contribution < 1.29 is 23.9 Å². The number of hydrogen-bond acceptors (Lipinski definition) is 5. The first-order valence-electron chi connectivity index (χ1n) is 11.3. The van der Waals surface area contributed by atoms with E-state index in [1.165, 1.54) is 11.0 Å². The molecule has 4 amide bonds. The van der Waals surface area contributed by atoms with Crippen LogP contribution in [0.5, 0.6) is 0 Å². The Morgan fingerprint density at radius 3 is 2.23 bits per heavy atom. The molecule has 35 heavy (non-hydrogen) atoms. The van der Waals surface area contributed by atoms with Gasteiger partial charge in [-0.15, -0.1) is 13.0 Å². The molecule has 1 rings (SSSR count). The zero-order valence-electron chi connectivity index (χ0n) is 21.1. The van der Waals surface area contributed by atoms with E-state index in [0.29, 0.717) is 11.1 Å². The van der Waals surface area contributed by atoms with Gasteiger partial charge >= 0.3 is 6.09 Å². The Labute approximate surface area is 207 Å². The Morgan fingerprint density at radius 2 is 1.77 bits per heavy atom. The molecule has 0 aliphatic carbocycles. The van der Waals surface area contributed by atoms with Crippen LogP contribution in [0.25, 0.3) is 0 Å². The fourth-order valence-electron chi connectivity index (χ4n) is 3.25. The molecule has 0 spiro atoms. The van der Waals surface area contributed by atoms with E-state index in [0.717, 1.165) is 0 Å². The van der Waals surface area contributed by atoms with E-state index in [1.54, 1.807) is 58.9 Å². The van der Waals surface area contributed by atoms with Crippen molar-refractivity contribution in [2.75, 3.05) is 6.54 Å². The number of hydrogen-bond donors (Lipinski definition) is 3. The Hall–Kier alpha value is -3.80. The Kier molecular flexibility index (Phi) is 11.0. The fourth-order valence-corrected chi connectivity index (χ4v) is 3.25. The topological polar surface area (TPSA) is 131 Å². The van der Waals surface area contributed by atoms with E-state index >= 15 is 0 Å². The first-order valence-corrected chi connectivity index (χ1v) is 11.3. The number of nitrogens with one attached hydrogen (secondary N) is 2. The molecule has 0 aliphatic heterocycles. The summed E-state index contributed by atoms with van der Waals surface area (Å²) in [7, 11) is 0. The maximum Gasteiger partial charge on any atom is 0.408 e. The number of amides is 4. The second kappa shape index (κ2) is 13.2. The van der Waals surface area contributed by atoms with E-state index in [1.807, 2.05) is 0 Å². The molecule has 0 saturated heterocycles. The summed E-state index contributed by atoms with van der Waals surface area (Å²) in [6.45, 7) is 12.4. The van der Waals surface area contributed by atoms with Gasteiger partial charge in [-0.1, -0.05) is 24.1 Å². The van der Waals surface area contributed by atoms with Gasteiger partial charge in [0.25, 0.3) is 0 Å². The zero-order valence-corrected chi connectivity index (χ0v) is 21.1. The molecular formula is C26H36N4O5. The standard InChI is InChI=1S/C26H36N4O5/c1-8-16-30(22(23(32)28-17(3)4)19-12-10-18(9-2)11-13-19)24(33)20(14-15-21(27)31)29-25(34)35-26(5,6)7/h2,8,10-13,17,20,22H,1,14-16H2,3-7H3,(H2,27,31)(H,28,32)(H,29,34). The summed E-state index contributed by atoms with van der Waals surface area (Å²) in [5.74, 6) is 0.862. The van der Waals surface area contributed by atoms with Gasteiger partial charge in [-0.05, 0) is 58.7 Å². The van der Waals surface area contributed by atoms with Crippen LogP contribution in [-0.2, 0) is 19.1 Å². The second-order valence-corrected chi connectivity index (χ2v) is 9.32. The number of rotatable bonds is 11. The van der Waals surface area contributed by atoms with Crippen LogP contribution in [0.15, 0.2) is 36.9 Å². The Morgan fingerprint density at radius 1 is 1.17 bits per heavy atom. The number of nitrogens with zero attached hydrogens (tertiary/aromatic N) is 1. The van der Waals surface area contributed by atoms with Gasteiger partial charge in [0.2, 0.25) is 17.7 Å². The average Bonchev–Trinajstić information content (AvgIpc) is 2.74. The van der Waals surface area contributed by atoms with Gasteiger partial charge in [-0.25, -0.2) is 4.79 Å². The number of ether oxygens (including phenoxy) is 1. The third-order valence-corrected chi connectivity index (χ3v) is 4.66. The maximum atomic E-state index is 13.7. The summed E-state index contributed by atoms with van der Waals surface area (Å²) < 4.78 is 5.28. The predicted octanol–water partition coefficient (Wildman–Crippen LogP) is 2.41. The highest BCUT2D eigenvalue weighted by atomic mass is 16.6. The quantitative estimate of drug-likeness (QED) is 0.328. The molecule has 4 N–H and O–H groups in total. The van der Waals surface area contributed by atoms with Crippen LogP contribution in [0.4, 0.5) is 4.79 Å². The van der Waals surface area contributed by atoms with Crippen molar-refractivity contribution in [3.63, 3.8) is 0 Å². The number of alkyl carbamates (subject to hydrolysis) is 1. The Balaban J connectivity index is 3.45. The van der Waals surface area contributed by atoms with Crippen molar-refractivity contribution in [1.82, 2.24) is 15.5 Å². The molecule has 0 radical (unpaired) electrons. The van der Waals surface area contributed by atoms with Crippen LogP contribution >= 0.6 is 0 Å². The van der Waals surface area contributed by atoms with E-state index in [4.69, 9.17) is 16.9 Å². The summed E-state index contributed by atoms with van der Waals surface area (Å²) in [4.78, 5) is 52.2. The minimum absolute atomic E-state index is 0.00498. The first-order chi connectivity index (χ1) is 16.3. The minimum Gasteiger partial charge on any atom is -0.444 e. The lowest BCUT2D eigenvalue weighted by Crippen LogP contribution is -2.53. The smallest absolute Gasteiger partial charge is 0.408 e. The summed E-state index contributed by atoms with van der Waals surface area (Å²) in [6.07, 6.45) is 5.86. The SMILES string of the molecule is C#Cc1ccc(C(C(=O)NC(C)C)N(CC=C)C(=O)C(CCC(N)=O)NC(=O)OC(C)(C)C)cc1. The number of terminal acetylenes is 1. The van der Waals surface area contributed by atoms with Crippen LogP contribution in [0.1, 0.15) is 64.6 Å². The molecule has 0 heterocycles. The number of carbonyl (C=O) groups excluding carboxylic acids is 4. The van der Waals surface area contributed by atoms with Crippen LogP contribution in [0, 0.1) is 12.3 Å². The van der Waals surface area contributed by atoms with E-state index in [-0.39, 0.29) is 25.4 Å². The zero-order chi connectivity index (χ0) is 26.8. The molecule has 2 atom stereocenters. The molecule has 0 saturated carbocycles. The molecule has 0 fully saturated rings. The molecule has 190 valence electrons. The van der Waals surface area contributed by atoms with Gasteiger partial charge in [0, 0.05) is 24.6 Å². The van der Waals surface area contributed by atoms with E-state index < -0.39 is 41.5 Å². The third-order valence-electron chi connectivity index (χ3n) is 4.66. The molecule has 9 heteroatoms. The highest BCUT2D eigenvalue weighted by Crippen LogP contribution is 2.24. The molecule has 1 aromatic rings. The number of carbonyl (C=O) groups is 4. The van der Waals surface area contributed by atoms with Gasteiger partial charge in [0.05, 0.1) is 0 Å². The van der Waals surface area contributed by atoms with Crippen LogP contribution in [0.2, 0.25) is 0 Å². The number of benzene rings is 1. The molecule has 1 aromatic carbocycles. The molecule has 9 nitrogen and oxygen atoms in total. The van der Waals surface area contributed by atoms with Gasteiger partial charge < -0.3 is 26.0 Å². The largest absolute Gasteiger partial charge is 0.444 e. The third kappa shape index (κ3) is 9.92. The van der Waals surface area contributed by atoms with Crippen molar-refractivity contribution in [3.05, 3.63) is 48.0 Å². The normalized spacial score (nSPS) is 12.6. The van der Waals surface area contributed by atoms with Crippen LogP contribution in [0.3, 0.4) is 0 Å². The van der Waals surface area contributed by atoms with Gasteiger partial charge in [0.15, 0.2) is 0 Å². The molecular weight excluding hydrogens is 448 g/mol. The lowest BCUT2D eigenvalue weighted by atomic mass is 10.00. The van der Waals surface area contributed by atoms with Crippen LogP contribution in [-0.4, -0.2) is 52.9 Å². The maximum absolute atomic E-state index is 13.7. The van der Waals surface area contributed by atoms with E-state index in [2.05, 4.69) is 23.1 Å². The minimum atomic E-state index is -1.17. The molecule has 0 bridgehead atoms. The molecule has 0 aliphatic rings. The summed E-state index contributed by atoms with van der Waals surface area (Å²) >= 11 is 0. The number of nitrogens with two attached hydrogens (primary N) is 1. The van der Waals surface area contributed by atoms with Crippen molar-refractivity contribution in [1.29, 1.82) is 0 Å². The highest BCUT2D eigenvalue weighted by Gasteiger charge is 2.36. The fraction of sp³-hybridized carbons (Fsp3) is 0.462. The molecule has 2 unspecified atom stereocenters. The van der Waals surface area contributed by atoms with Gasteiger partial charge in [0.1, 0.15) is 17.7 Å². The van der Waals surface area contributed by atoms with Crippen molar-refractivity contribution in [3.8, 4) is 12.3 Å². The Bertz CT molecular complexity index is 957. The van der Waals surface area contributed by atoms with Crippen molar-refractivity contribution in [2.24, 2.45) is 5.73 Å². The highest BCUT2D eigenvalue weighted by molar-refractivity contribution is 5.92. The lowest BCUT2D eigenvalue weighted by Gasteiger charge is -2.34. The average molecular weight is 485 g/mol. The van der Waals surface area contributed by atoms with E-state index in [9.17, 15) is 19.2 Å². The van der Waals surface area contributed by atoms with Gasteiger partial charge in [-0.2, -0.15) is 0 Å². The summed E-state index contributed by atoms with van der Waals surface area (Å²) in [6, 6.07) is 4.27. The summed E-state index contributed by atoms with van der Waals surface area (Å²) in [5, 5.41) is 5.35. The van der Waals surface area contributed by atoms with Crippen molar-refractivity contribution in [2.45, 2.75) is 71.2 Å². The van der Waals surface area contributed by atoms with Gasteiger partial charge in [-0.3, -0.25) is 14.4 Å². The molecule has 0 aromatic heterocycles. The number of primary amides is 1. The second-order valence-electron chi connectivity index (χ2n) is 9.32. The monoisotopic (exact) mass is 484 g/mol.